The normalized spacial score (nSPS) is 11.0. The Kier molecular flexibility index (Phi) is 12.5. The van der Waals surface area contributed by atoms with Gasteiger partial charge in [0.1, 0.15) is 17.0 Å². The van der Waals surface area contributed by atoms with Gasteiger partial charge in [0, 0.05) is 19.5 Å². The molecule has 0 radical (unpaired) electrons. The molecule has 2 amide bonds. The molecule has 0 saturated heterocycles. The fourth-order valence-electron chi connectivity index (χ4n) is 5.09. The molecule has 6 rings (SSSR count). The summed E-state index contributed by atoms with van der Waals surface area (Å²) in [7, 11) is 2.93. The number of Topliss-reactive ketones (excluding diaryl/α,β-unsaturated/α-hetero) is 1. The van der Waals surface area contributed by atoms with E-state index in [9.17, 15) is 24.0 Å². The van der Waals surface area contributed by atoms with Gasteiger partial charge in [-0.3, -0.25) is 19.3 Å². The maximum atomic E-state index is 13.6. The van der Waals surface area contributed by atoms with E-state index in [1.165, 1.54) is 50.2 Å². The zero-order chi connectivity index (χ0) is 38.8. The van der Waals surface area contributed by atoms with Crippen molar-refractivity contribution in [1.29, 1.82) is 0 Å². The minimum Gasteiger partial charge on any atom is -0.497 e. The minimum absolute atomic E-state index is 0.0679. The van der Waals surface area contributed by atoms with Crippen LogP contribution in [0.5, 0.6) is 11.5 Å². The van der Waals surface area contributed by atoms with Gasteiger partial charge < -0.3 is 19.5 Å². The second kappa shape index (κ2) is 17.6. The van der Waals surface area contributed by atoms with Crippen molar-refractivity contribution in [2.45, 2.75) is 20.0 Å². The van der Waals surface area contributed by atoms with Gasteiger partial charge in [-0.05, 0) is 85.3 Å². The van der Waals surface area contributed by atoms with E-state index in [1.54, 1.807) is 78.9 Å². The Morgan fingerprint density at radius 1 is 0.815 bits per heavy atom. The lowest BCUT2D eigenvalue weighted by atomic mass is 10.0. The highest BCUT2D eigenvalue weighted by Crippen LogP contribution is 2.26. The first kappa shape index (κ1) is 38.4. The quantitative estimate of drug-likeness (QED) is 0.0696. The van der Waals surface area contributed by atoms with Crippen molar-refractivity contribution in [3.05, 3.63) is 143 Å². The number of carbonyl (C=O) groups excluding carboxylic acids is 5. The molecule has 0 spiro atoms. The highest BCUT2D eigenvalue weighted by atomic mass is 35.5. The number of aromatic nitrogens is 3. The number of aryl methyl sites for hydroxylation is 1. The third kappa shape index (κ3) is 9.32. The third-order valence-electron chi connectivity index (χ3n) is 7.77. The average molecular weight is 748 g/mol. The number of ketones is 1. The van der Waals surface area contributed by atoms with E-state index < -0.39 is 29.8 Å². The summed E-state index contributed by atoms with van der Waals surface area (Å²) < 4.78 is 16.6. The van der Waals surface area contributed by atoms with Crippen molar-refractivity contribution in [1.82, 2.24) is 15.0 Å². The molecule has 0 bridgehead atoms. The third-order valence-corrected chi connectivity index (χ3v) is 8.10. The van der Waals surface area contributed by atoms with Gasteiger partial charge in [0.25, 0.3) is 5.91 Å². The molecule has 1 N–H and O–H groups in total. The van der Waals surface area contributed by atoms with E-state index in [2.05, 4.69) is 15.6 Å². The van der Waals surface area contributed by atoms with Crippen LogP contribution < -0.4 is 19.7 Å². The first-order chi connectivity index (χ1) is 26.0. The van der Waals surface area contributed by atoms with Crippen molar-refractivity contribution in [2.24, 2.45) is 0 Å². The first-order valence-corrected chi connectivity index (χ1v) is 16.7. The number of ether oxygens (including phenoxy) is 3. The molecule has 0 aliphatic rings. The maximum absolute atomic E-state index is 13.6. The van der Waals surface area contributed by atoms with Crippen molar-refractivity contribution in [3.63, 3.8) is 0 Å². The van der Waals surface area contributed by atoms with Crippen LogP contribution in [0.4, 0.5) is 16.2 Å². The number of methoxy groups -OCH3 is 1. The van der Waals surface area contributed by atoms with E-state index in [1.807, 2.05) is 25.1 Å². The molecule has 1 unspecified atom stereocenters. The lowest BCUT2D eigenvalue weighted by Crippen LogP contribution is -2.40. The molecule has 274 valence electrons. The molecule has 0 fully saturated rings. The number of anilines is 2. The van der Waals surface area contributed by atoms with Crippen LogP contribution in [0.1, 0.15) is 33.2 Å². The van der Waals surface area contributed by atoms with Gasteiger partial charge in [-0.2, -0.15) is 4.68 Å². The molecular weight excluding hydrogens is 714 g/mol. The average Bonchev–Trinajstić information content (AvgIpc) is 3.62. The number of hydrogen-bond acceptors (Lipinski definition) is 10. The number of fused-ring (bicyclic) bond motifs is 1. The zero-order valence-electron chi connectivity index (χ0n) is 29.6. The Hall–Kier alpha value is -6.86. The summed E-state index contributed by atoms with van der Waals surface area (Å²) >= 11 is 6.27. The molecule has 0 saturated carbocycles. The van der Waals surface area contributed by atoms with Crippen LogP contribution in [0.2, 0.25) is 5.02 Å². The molecule has 13 nitrogen and oxygen atoms in total. The van der Waals surface area contributed by atoms with E-state index in [-0.39, 0.29) is 33.5 Å². The monoisotopic (exact) mass is 747 g/mol. The number of amides is 2. The van der Waals surface area contributed by atoms with Gasteiger partial charge >= 0.3 is 18.0 Å². The van der Waals surface area contributed by atoms with Crippen LogP contribution in [-0.4, -0.2) is 64.9 Å². The number of benzene rings is 5. The lowest BCUT2D eigenvalue weighted by molar-refractivity contribution is -0.131. The van der Waals surface area contributed by atoms with E-state index >= 15 is 0 Å². The number of esters is 2. The smallest absolute Gasteiger partial charge is 0.350 e. The summed E-state index contributed by atoms with van der Waals surface area (Å²) in [6.45, 7) is 3.19. The van der Waals surface area contributed by atoms with Crippen molar-refractivity contribution < 1.29 is 38.2 Å². The Morgan fingerprint density at radius 2 is 1.48 bits per heavy atom. The number of carbonyl (C=O) groups is 5. The van der Waals surface area contributed by atoms with Gasteiger partial charge in [0.2, 0.25) is 11.9 Å². The Morgan fingerprint density at radius 3 is 2.19 bits per heavy atom. The molecule has 6 aromatic rings. The molecule has 54 heavy (non-hydrogen) atoms. The van der Waals surface area contributed by atoms with E-state index in [0.29, 0.717) is 22.5 Å². The second-order valence-electron chi connectivity index (χ2n) is 11.6. The second-order valence-corrected chi connectivity index (χ2v) is 12.0. The van der Waals surface area contributed by atoms with Crippen LogP contribution in [-0.2, 0) is 14.3 Å². The number of nitrogens with one attached hydrogen (secondary N) is 1. The van der Waals surface area contributed by atoms with Crippen LogP contribution in [0.25, 0.3) is 11.0 Å². The van der Waals surface area contributed by atoms with Crippen LogP contribution in [0.15, 0.2) is 121 Å². The summed E-state index contributed by atoms with van der Waals surface area (Å²) in [6, 6.07) is 32.4. The van der Waals surface area contributed by atoms with Gasteiger partial charge in [0.15, 0.2) is 0 Å². The Labute approximate surface area is 315 Å². The highest BCUT2D eigenvalue weighted by molar-refractivity contribution is 6.34. The first-order valence-electron chi connectivity index (χ1n) is 16.3. The predicted octanol–water partition coefficient (Wildman–Crippen LogP) is 7.17. The largest absolute Gasteiger partial charge is 0.497 e. The molecule has 1 heterocycles. The van der Waals surface area contributed by atoms with E-state index in [4.69, 9.17) is 25.8 Å². The topological polar surface area (TPSA) is 159 Å². The van der Waals surface area contributed by atoms with Gasteiger partial charge in [-0.15, -0.1) is 5.10 Å². The summed E-state index contributed by atoms with van der Waals surface area (Å²) in [5, 5.41) is 10.8. The summed E-state index contributed by atoms with van der Waals surface area (Å²) in [4.78, 5) is 65.8. The molecule has 14 heteroatoms. The Balaban J connectivity index is 0.000000486. The molecule has 0 aliphatic heterocycles. The van der Waals surface area contributed by atoms with Crippen molar-refractivity contribution >= 4 is 63.7 Å². The standard InChI is InChI=1S/C32H26ClN5O6.C8H8O2/c1-19-12-17-23(33)25(18-19)34-30(40)29(28(39)20-13-15-21(43-3)16-14-20)44-31(41)22-8-4-6-10-26(22)37(2)32(42)38-27-11-7-5-9-24(27)35-36-38;1-7(9)10-8-5-3-2-4-6-8/h4-18,29H,1-3H3,(H,34,40);2-6H,1H3. The molecule has 5 aromatic carbocycles. The van der Waals surface area contributed by atoms with Crippen LogP contribution >= 0.6 is 11.6 Å². The summed E-state index contributed by atoms with van der Waals surface area (Å²) in [5.41, 5.74) is 2.23. The van der Waals surface area contributed by atoms with E-state index in [0.717, 1.165) is 10.2 Å². The van der Waals surface area contributed by atoms with Gasteiger partial charge in [0.05, 0.1) is 34.6 Å². The number of para-hydroxylation sites is 3. The minimum atomic E-state index is -1.90. The maximum Gasteiger partial charge on any atom is 0.350 e. The van der Waals surface area contributed by atoms with Gasteiger partial charge in [-0.25, -0.2) is 9.59 Å². The SMILES string of the molecule is CC(=O)Oc1ccccc1.COc1ccc(C(=O)C(OC(=O)c2ccccc2N(C)C(=O)n2nnc3ccccc32)C(=O)Nc2cc(C)ccc2Cl)cc1. The molecule has 1 aromatic heterocycles. The Bertz CT molecular complexity index is 2310. The predicted molar refractivity (Wildman–Crippen MR) is 202 cm³/mol. The number of halogens is 1. The number of nitrogens with zero attached hydrogens (tertiary/aromatic N) is 4. The van der Waals surface area contributed by atoms with Crippen molar-refractivity contribution in [3.8, 4) is 11.5 Å². The molecule has 0 aliphatic carbocycles. The van der Waals surface area contributed by atoms with Crippen LogP contribution in [0.3, 0.4) is 0 Å². The lowest BCUT2D eigenvalue weighted by Gasteiger charge is -2.21. The van der Waals surface area contributed by atoms with Crippen LogP contribution in [0, 0.1) is 6.92 Å². The summed E-state index contributed by atoms with van der Waals surface area (Å²) in [6.07, 6.45) is -1.90. The number of hydrogen-bond donors (Lipinski definition) is 1. The molecular formula is C40H34ClN5O8. The fraction of sp³-hybridized carbons (Fsp3) is 0.125. The summed E-state index contributed by atoms with van der Waals surface area (Å²) in [5.74, 6) is -1.91. The zero-order valence-corrected chi connectivity index (χ0v) is 30.3. The number of rotatable bonds is 9. The van der Waals surface area contributed by atoms with Crippen molar-refractivity contribution in [2.75, 3.05) is 24.4 Å². The molecule has 1 atom stereocenters. The highest BCUT2D eigenvalue weighted by Gasteiger charge is 2.34. The fourth-order valence-corrected chi connectivity index (χ4v) is 5.25. The van der Waals surface area contributed by atoms with Gasteiger partial charge in [-0.1, -0.05) is 65.3 Å².